The molecule has 0 radical (unpaired) electrons. The molecule has 1 fully saturated rings. The van der Waals surface area contributed by atoms with Gasteiger partial charge < -0.3 is 20.3 Å². The van der Waals surface area contributed by atoms with Crippen LogP contribution in [0, 0.1) is 0 Å². The third kappa shape index (κ3) is 5.74. The number of rotatable bonds is 7. The fraction of sp³-hybridized carbons (Fsp3) is 0.545. The van der Waals surface area contributed by atoms with E-state index in [1.54, 1.807) is 11.0 Å². The number of imide groups is 1. The van der Waals surface area contributed by atoms with Crippen molar-refractivity contribution in [3.63, 3.8) is 0 Å². The van der Waals surface area contributed by atoms with Crippen LogP contribution in [-0.2, 0) is 20.9 Å². The molecular weight excluding hydrogens is 400 g/mol. The molecule has 168 valence electrons. The van der Waals surface area contributed by atoms with Crippen LogP contribution in [0.5, 0.6) is 0 Å². The molecule has 3 rings (SSSR count). The molecule has 0 bridgehead atoms. The summed E-state index contributed by atoms with van der Waals surface area (Å²) >= 11 is 0. The van der Waals surface area contributed by atoms with Gasteiger partial charge in [0.1, 0.15) is 11.6 Å². The first kappa shape index (κ1) is 22.6. The van der Waals surface area contributed by atoms with E-state index in [0.717, 1.165) is 24.1 Å². The van der Waals surface area contributed by atoms with Crippen molar-refractivity contribution in [1.29, 1.82) is 0 Å². The van der Waals surface area contributed by atoms with Crippen LogP contribution in [0.15, 0.2) is 18.2 Å². The first-order chi connectivity index (χ1) is 14.7. The van der Waals surface area contributed by atoms with Crippen LogP contribution in [0.2, 0.25) is 0 Å². The number of nitrogens with zero attached hydrogens (tertiary/aromatic N) is 1. The number of fused-ring (bicyclic) bond motifs is 1. The molecule has 0 aliphatic carbocycles. The Balaban J connectivity index is 1.49. The van der Waals surface area contributed by atoms with Gasteiger partial charge in [0.15, 0.2) is 0 Å². The molecular formula is C22H30N4O5. The number of anilines is 1. The normalized spacial score (nSPS) is 18.5. The number of hydrogen-bond donors (Lipinski definition) is 3. The van der Waals surface area contributed by atoms with Crippen molar-refractivity contribution in [2.75, 3.05) is 18.4 Å². The van der Waals surface area contributed by atoms with E-state index in [9.17, 15) is 19.2 Å². The fourth-order valence-electron chi connectivity index (χ4n) is 3.73. The lowest BCUT2D eigenvalue weighted by molar-refractivity contribution is -0.136. The summed E-state index contributed by atoms with van der Waals surface area (Å²) in [6, 6.07) is 4.87. The third-order valence-electron chi connectivity index (χ3n) is 5.17. The van der Waals surface area contributed by atoms with Crippen LogP contribution in [0.3, 0.4) is 0 Å². The van der Waals surface area contributed by atoms with Crippen molar-refractivity contribution < 1.29 is 23.9 Å². The SMILES string of the molecule is CC(C)(C)OC(=O)NCCCCNc1cccc2c1CN(C1CCC(=O)NC1=O)C2=O. The maximum atomic E-state index is 12.8. The molecule has 31 heavy (non-hydrogen) atoms. The number of hydrogen-bond acceptors (Lipinski definition) is 6. The Bertz CT molecular complexity index is 877. The molecule has 4 amide bonds. The maximum absolute atomic E-state index is 12.8. The zero-order valence-electron chi connectivity index (χ0n) is 18.2. The number of carbonyl (C=O) groups is 4. The molecule has 3 N–H and O–H groups in total. The van der Waals surface area contributed by atoms with Crippen molar-refractivity contribution in [2.45, 2.75) is 64.6 Å². The summed E-state index contributed by atoms with van der Waals surface area (Å²) in [5.74, 6) is -0.895. The number of nitrogens with one attached hydrogen (secondary N) is 3. The van der Waals surface area contributed by atoms with Gasteiger partial charge >= 0.3 is 6.09 Å². The molecule has 1 saturated heterocycles. The zero-order chi connectivity index (χ0) is 22.6. The van der Waals surface area contributed by atoms with E-state index in [-0.39, 0.29) is 18.2 Å². The van der Waals surface area contributed by atoms with Crippen LogP contribution in [0.1, 0.15) is 62.4 Å². The number of amides is 4. The molecule has 0 saturated carbocycles. The predicted molar refractivity (Wildman–Crippen MR) is 114 cm³/mol. The summed E-state index contributed by atoms with van der Waals surface area (Å²) in [5.41, 5.74) is 1.80. The van der Waals surface area contributed by atoms with Crippen molar-refractivity contribution in [2.24, 2.45) is 0 Å². The smallest absolute Gasteiger partial charge is 0.407 e. The summed E-state index contributed by atoms with van der Waals surface area (Å²) in [6.07, 6.45) is 1.76. The molecule has 1 unspecified atom stereocenters. The van der Waals surface area contributed by atoms with Gasteiger partial charge in [0.05, 0.1) is 0 Å². The van der Waals surface area contributed by atoms with Gasteiger partial charge in [0, 0.05) is 42.9 Å². The van der Waals surface area contributed by atoms with Crippen LogP contribution >= 0.6 is 0 Å². The van der Waals surface area contributed by atoms with E-state index in [2.05, 4.69) is 16.0 Å². The van der Waals surface area contributed by atoms with E-state index < -0.39 is 23.6 Å². The van der Waals surface area contributed by atoms with E-state index in [1.165, 1.54) is 0 Å². The Kier molecular flexibility index (Phi) is 6.82. The summed E-state index contributed by atoms with van der Waals surface area (Å²) in [7, 11) is 0. The number of piperidine rings is 1. The fourth-order valence-corrected chi connectivity index (χ4v) is 3.73. The Morgan fingerprint density at radius 3 is 2.65 bits per heavy atom. The van der Waals surface area contributed by atoms with Crippen molar-refractivity contribution in [3.05, 3.63) is 29.3 Å². The Labute approximate surface area is 181 Å². The number of ether oxygens (including phenoxy) is 1. The highest BCUT2D eigenvalue weighted by molar-refractivity contribution is 6.06. The lowest BCUT2D eigenvalue weighted by Crippen LogP contribution is -2.52. The van der Waals surface area contributed by atoms with Gasteiger partial charge in [-0.2, -0.15) is 0 Å². The Hall–Kier alpha value is -3.10. The van der Waals surface area contributed by atoms with Gasteiger partial charge in [-0.05, 0) is 52.2 Å². The van der Waals surface area contributed by atoms with Crippen LogP contribution in [0.4, 0.5) is 10.5 Å². The number of carbonyl (C=O) groups excluding carboxylic acids is 4. The zero-order valence-corrected chi connectivity index (χ0v) is 18.2. The van der Waals surface area contributed by atoms with Crippen molar-refractivity contribution in [3.8, 4) is 0 Å². The van der Waals surface area contributed by atoms with Gasteiger partial charge in [-0.25, -0.2) is 4.79 Å². The molecule has 1 aromatic carbocycles. The second-order valence-corrected chi connectivity index (χ2v) is 8.79. The van der Waals surface area contributed by atoms with Gasteiger partial charge in [-0.15, -0.1) is 0 Å². The van der Waals surface area contributed by atoms with E-state index in [4.69, 9.17) is 4.74 Å². The first-order valence-electron chi connectivity index (χ1n) is 10.6. The Morgan fingerprint density at radius 2 is 1.94 bits per heavy atom. The van der Waals surface area contributed by atoms with Crippen molar-refractivity contribution in [1.82, 2.24) is 15.5 Å². The third-order valence-corrected chi connectivity index (χ3v) is 5.17. The molecule has 9 nitrogen and oxygen atoms in total. The summed E-state index contributed by atoms with van der Waals surface area (Å²) in [5, 5.41) is 8.40. The van der Waals surface area contributed by atoms with Gasteiger partial charge in [-0.1, -0.05) is 6.07 Å². The van der Waals surface area contributed by atoms with Crippen molar-refractivity contribution >= 4 is 29.5 Å². The number of benzene rings is 1. The van der Waals surface area contributed by atoms with Gasteiger partial charge in [0.2, 0.25) is 11.8 Å². The Morgan fingerprint density at radius 1 is 1.19 bits per heavy atom. The van der Waals surface area contributed by atoms with Crippen LogP contribution in [0.25, 0.3) is 0 Å². The molecule has 0 spiro atoms. The van der Waals surface area contributed by atoms with Gasteiger partial charge in [-0.3, -0.25) is 19.7 Å². The largest absolute Gasteiger partial charge is 0.444 e. The second-order valence-electron chi connectivity index (χ2n) is 8.79. The predicted octanol–water partition coefficient (Wildman–Crippen LogP) is 2.16. The quantitative estimate of drug-likeness (QED) is 0.451. The molecule has 0 aromatic heterocycles. The summed E-state index contributed by atoms with van der Waals surface area (Å²) in [6.45, 7) is 7.00. The lowest BCUT2D eigenvalue weighted by atomic mass is 10.0. The maximum Gasteiger partial charge on any atom is 0.407 e. The average Bonchev–Trinajstić information content (AvgIpc) is 3.00. The second kappa shape index (κ2) is 9.36. The molecule has 2 aliphatic heterocycles. The highest BCUT2D eigenvalue weighted by Gasteiger charge is 2.39. The van der Waals surface area contributed by atoms with E-state index >= 15 is 0 Å². The summed E-state index contributed by atoms with van der Waals surface area (Å²) in [4.78, 5) is 49.6. The number of alkyl carbamates (subject to hydrolysis) is 1. The highest BCUT2D eigenvalue weighted by atomic mass is 16.6. The van der Waals surface area contributed by atoms with E-state index in [1.807, 2.05) is 32.9 Å². The molecule has 9 heteroatoms. The monoisotopic (exact) mass is 430 g/mol. The topological polar surface area (TPSA) is 117 Å². The minimum Gasteiger partial charge on any atom is -0.444 e. The van der Waals surface area contributed by atoms with E-state index in [0.29, 0.717) is 31.6 Å². The molecule has 2 aliphatic rings. The minimum absolute atomic E-state index is 0.185. The molecule has 2 heterocycles. The standard InChI is InChI=1S/C22H30N4O5/c1-22(2,3)31-21(30)24-12-5-4-11-23-16-8-6-7-14-15(16)13-26(20(14)29)17-9-10-18(27)25-19(17)28/h6-8,17,23H,4-5,9-13H2,1-3H3,(H,24,30)(H,25,27,28). The molecule has 1 atom stereocenters. The highest BCUT2D eigenvalue weighted by Crippen LogP contribution is 2.32. The van der Waals surface area contributed by atoms with Crippen LogP contribution < -0.4 is 16.0 Å². The number of unbranched alkanes of at least 4 members (excludes halogenated alkanes) is 1. The minimum atomic E-state index is -0.621. The average molecular weight is 431 g/mol. The lowest BCUT2D eigenvalue weighted by Gasteiger charge is -2.29. The van der Waals surface area contributed by atoms with Crippen LogP contribution in [-0.4, -0.2) is 53.4 Å². The summed E-state index contributed by atoms with van der Waals surface area (Å²) < 4.78 is 5.20. The first-order valence-corrected chi connectivity index (χ1v) is 10.6. The van der Waals surface area contributed by atoms with Gasteiger partial charge in [0.25, 0.3) is 5.91 Å². The molecule has 1 aromatic rings.